The lowest BCUT2D eigenvalue weighted by Crippen LogP contribution is -2.05. The summed E-state index contributed by atoms with van der Waals surface area (Å²) in [6, 6.07) is 6.27. The van der Waals surface area contributed by atoms with E-state index in [0.29, 0.717) is 28.6 Å². The fourth-order valence-electron chi connectivity index (χ4n) is 2.06. The number of benzene rings is 1. The van der Waals surface area contributed by atoms with Crippen LogP contribution in [0.3, 0.4) is 0 Å². The Hall–Kier alpha value is -2.50. The van der Waals surface area contributed by atoms with Crippen molar-refractivity contribution in [2.75, 3.05) is 0 Å². The lowest BCUT2D eigenvalue weighted by atomic mass is 10.0. The predicted octanol–water partition coefficient (Wildman–Crippen LogP) is 2.33. The minimum atomic E-state index is -1.01. The first-order valence-electron chi connectivity index (χ1n) is 5.80. The number of rotatable bonds is 4. The first kappa shape index (κ1) is 12.9. The summed E-state index contributed by atoms with van der Waals surface area (Å²) >= 11 is 0. The molecule has 0 bridgehead atoms. The van der Waals surface area contributed by atoms with Gasteiger partial charge < -0.3 is 5.11 Å². The van der Waals surface area contributed by atoms with Gasteiger partial charge in [-0.1, -0.05) is 19.1 Å². The Labute approximate surface area is 108 Å². The maximum absolute atomic E-state index is 11.0. The Morgan fingerprint density at radius 2 is 2.16 bits per heavy atom. The van der Waals surface area contributed by atoms with Gasteiger partial charge in [-0.25, -0.2) is 0 Å². The number of carbonyl (C=O) groups is 1. The lowest BCUT2D eigenvalue weighted by Gasteiger charge is -2.07. The summed E-state index contributed by atoms with van der Waals surface area (Å²) in [5, 5.41) is 21.0. The summed E-state index contributed by atoms with van der Waals surface area (Å²) in [6.45, 7) is 1.88. The second-order valence-electron chi connectivity index (χ2n) is 4.11. The van der Waals surface area contributed by atoms with Crippen molar-refractivity contribution in [3.05, 3.63) is 45.8 Å². The standard InChI is InChI=1S/C13H12N2O4/c1-2-11-9-4-3-5-12(15(18)19)10(9)6-8(14-11)7-13(16)17/h3-6H,2,7H2,1H3,(H,16,17). The van der Waals surface area contributed by atoms with Crippen LogP contribution < -0.4 is 0 Å². The maximum atomic E-state index is 11.0. The van der Waals surface area contributed by atoms with E-state index in [4.69, 9.17) is 5.11 Å². The molecule has 0 spiro atoms. The number of pyridine rings is 1. The number of hydrogen-bond acceptors (Lipinski definition) is 4. The van der Waals surface area contributed by atoms with Crippen LogP contribution in [0.25, 0.3) is 10.8 Å². The van der Waals surface area contributed by atoms with E-state index in [-0.39, 0.29) is 12.1 Å². The summed E-state index contributed by atoms with van der Waals surface area (Å²) in [6.07, 6.45) is 0.347. The molecular weight excluding hydrogens is 248 g/mol. The first-order chi connectivity index (χ1) is 9.02. The number of carboxylic acids is 1. The van der Waals surface area contributed by atoms with Crippen LogP contribution in [-0.4, -0.2) is 21.0 Å². The molecule has 0 aliphatic heterocycles. The summed E-state index contributed by atoms with van der Waals surface area (Å²) in [4.78, 5) is 25.6. The van der Waals surface area contributed by atoms with Gasteiger partial charge in [0.2, 0.25) is 0 Å². The highest BCUT2D eigenvalue weighted by atomic mass is 16.6. The molecule has 2 rings (SSSR count). The molecular formula is C13H12N2O4. The lowest BCUT2D eigenvalue weighted by molar-refractivity contribution is -0.383. The number of fused-ring (bicyclic) bond motifs is 1. The van der Waals surface area contributed by atoms with Gasteiger partial charge in [-0.05, 0) is 12.5 Å². The molecule has 6 nitrogen and oxygen atoms in total. The van der Waals surface area contributed by atoms with Gasteiger partial charge in [0.1, 0.15) is 0 Å². The normalized spacial score (nSPS) is 10.6. The van der Waals surface area contributed by atoms with Crippen molar-refractivity contribution in [2.45, 2.75) is 19.8 Å². The smallest absolute Gasteiger partial charge is 0.309 e. The van der Waals surface area contributed by atoms with E-state index >= 15 is 0 Å². The number of nitrogens with zero attached hydrogens (tertiary/aromatic N) is 2. The third-order valence-corrected chi connectivity index (χ3v) is 2.85. The van der Waals surface area contributed by atoms with Crippen LogP contribution in [0, 0.1) is 10.1 Å². The maximum Gasteiger partial charge on any atom is 0.309 e. The zero-order valence-electron chi connectivity index (χ0n) is 10.3. The molecule has 2 aromatic rings. The molecule has 1 aromatic carbocycles. The zero-order valence-corrected chi connectivity index (χ0v) is 10.3. The number of nitro benzene ring substituents is 1. The summed E-state index contributed by atoms with van der Waals surface area (Å²) < 4.78 is 0. The molecule has 1 heterocycles. The van der Waals surface area contributed by atoms with Gasteiger partial charge in [-0.2, -0.15) is 0 Å². The average Bonchev–Trinajstić information content (AvgIpc) is 2.36. The van der Waals surface area contributed by atoms with Crippen LogP contribution in [0.1, 0.15) is 18.3 Å². The van der Waals surface area contributed by atoms with Crippen molar-refractivity contribution in [1.29, 1.82) is 0 Å². The molecule has 1 aromatic heterocycles. The minimum Gasteiger partial charge on any atom is -0.481 e. The van der Waals surface area contributed by atoms with Crippen molar-refractivity contribution in [1.82, 2.24) is 4.98 Å². The number of aryl methyl sites for hydroxylation is 1. The summed E-state index contributed by atoms with van der Waals surface area (Å²) in [5.74, 6) is -1.01. The largest absolute Gasteiger partial charge is 0.481 e. The number of carboxylic acid groups (broad SMARTS) is 1. The molecule has 0 aliphatic carbocycles. The topological polar surface area (TPSA) is 93.3 Å². The van der Waals surface area contributed by atoms with E-state index in [2.05, 4.69) is 4.98 Å². The second kappa shape index (κ2) is 5.01. The quantitative estimate of drug-likeness (QED) is 0.672. The molecule has 0 saturated carbocycles. The minimum absolute atomic E-state index is 0.0266. The van der Waals surface area contributed by atoms with E-state index in [0.717, 1.165) is 0 Å². The number of nitro groups is 1. The Bertz CT molecular complexity index is 667. The van der Waals surface area contributed by atoms with Gasteiger partial charge in [0.15, 0.2) is 0 Å². The molecule has 0 amide bonds. The first-order valence-corrected chi connectivity index (χ1v) is 5.80. The van der Waals surface area contributed by atoms with Gasteiger partial charge in [0.25, 0.3) is 5.69 Å². The highest BCUT2D eigenvalue weighted by molar-refractivity contribution is 5.93. The van der Waals surface area contributed by atoms with E-state index < -0.39 is 10.9 Å². The third kappa shape index (κ3) is 2.52. The fraction of sp³-hybridized carbons (Fsp3) is 0.231. The Morgan fingerprint density at radius 1 is 1.42 bits per heavy atom. The molecule has 0 fully saturated rings. The molecule has 0 aliphatic rings. The van der Waals surface area contributed by atoms with Crippen LogP contribution in [0.5, 0.6) is 0 Å². The van der Waals surface area contributed by atoms with Gasteiger partial charge in [-0.3, -0.25) is 19.9 Å². The average molecular weight is 260 g/mol. The van der Waals surface area contributed by atoms with E-state index in [1.54, 1.807) is 12.1 Å². The van der Waals surface area contributed by atoms with E-state index in [1.165, 1.54) is 12.1 Å². The van der Waals surface area contributed by atoms with Crippen molar-refractivity contribution in [3.8, 4) is 0 Å². The van der Waals surface area contributed by atoms with Crippen molar-refractivity contribution in [2.24, 2.45) is 0 Å². The number of aliphatic carboxylic acids is 1. The molecule has 0 atom stereocenters. The molecule has 0 radical (unpaired) electrons. The van der Waals surface area contributed by atoms with Crippen LogP contribution in [-0.2, 0) is 17.6 Å². The van der Waals surface area contributed by atoms with Crippen molar-refractivity contribution < 1.29 is 14.8 Å². The van der Waals surface area contributed by atoms with Crippen LogP contribution in [0.2, 0.25) is 0 Å². The monoisotopic (exact) mass is 260 g/mol. The highest BCUT2D eigenvalue weighted by Gasteiger charge is 2.16. The highest BCUT2D eigenvalue weighted by Crippen LogP contribution is 2.28. The number of non-ortho nitro benzene ring substituents is 1. The van der Waals surface area contributed by atoms with Crippen LogP contribution in [0.4, 0.5) is 5.69 Å². The molecule has 98 valence electrons. The molecule has 1 N–H and O–H groups in total. The third-order valence-electron chi connectivity index (χ3n) is 2.85. The van der Waals surface area contributed by atoms with E-state index in [9.17, 15) is 14.9 Å². The SMILES string of the molecule is CCc1nc(CC(=O)O)cc2c([N+](=O)[O-])cccc12. The summed E-state index contributed by atoms with van der Waals surface area (Å²) in [5.41, 5.74) is 0.991. The Morgan fingerprint density at radius 3 is 2.74 bits per heavy atom. The van der Waals surface area contributed by atoms with Crippen LogP contribution >= 0.6 is 0 Å². The molecule has 19 heavy (non-hydrogen) atoms. The van der Waals surface area contributed by atoms with Crippen LogP contribution in [0.15, 0.2) is 24.3 Å². The number of hydrogen-bond donors (Lipinski definition) is 1. The van der Waals surface area contributed by atoms with Crippen molar-refractivity contribution >= 4 is 22.4 Å². The van der Waals surface area contributed by atoms with Gasteiger partial charge in [-0.15, -0.1) is 0 Å². The second-order valence-corrected chi connectivity index (χ2v) is 4.11. The van der Waals surface area contributed by atoms with Gasteiger partial charge in [0, 0.05) is 17.1 Å². The van der Waals surface area contributed by atoms with Gasteiger partial charge >= 0.3 is 5.97 Å². The van der Waals surface area contributed by atoms with Gasteiger partial charge in [0.05, 0.1) is 22.4 Å². The summed E-state index contributed by atoms with van der Waals surface area (Å²) in [7, 11) is 0. The molecule has 6 heteroatoms. The predicted molar refractivity (Wildman–Crippen MR) is 69.1 cm³/mol. The van der Waals surface area contributed by atoms with Crippen molar-refractivity contribution in [3.63, 3.8) is 0 Å². The van der Waals surface area contributed by atoms with E-state index in [1.807, 2.05) is 6.92 Å². The fourth-order valence-corrected chi connectivity index (χ4v) is 2.06. The molecule has 0 unspecified atom stereocenters. The Balaban J connectivity index is 2.74. The number of aromatic nitrogens is 1. The zero-order chi connectivity index (χ0) is 14.0. The molecule has 0 saturated heterocycles. The Kier molecular flexibility index (Phi) is 3.41.